The minimum atomic E-state index is -4.86. The molecule has 0 heterocycles. The molecule has 0 N–H and O–H groups in total. The van der Waals surface area contributed by atoms with E-state index in [2.05, 4.69) is 13.2 Å². The molecule has 1 aromatic carbocycles. The monoisotopic (exact) mass is 330 g/mol. The maximum atomic E-state index is 13.5. The Morgan fingerprint density at radius 2 is 0.850 bits per heavy atom. The molecule has 0 saturated heterocycles. The van der Waals surface area contributed by atoms with Gasteiger partial charge in [-0.3, -0.25) is 0 Å². The summed E-state index contributed by atoms with van der Waals surface area (Å²) in [6.07, 6.45) is 0. The van der Waals surface area contributed by atoms with Crippen molar-refractivity contribution in [1.29, 1.82) is 0 Å². The molecule has 0 amide bonds. The Kier molecular flexibility index (Phi) is 4.11. The molecular weight excluding hydrogens is 324 g/mol. The molecule has 20 heavy (non-hydrogen) atoms. The van der Waals surface area contributed by atoms with Crippen molar-refractivity contribution in [2.24, 2.45) is 0 Å². The van der Waals surface area contributed by atoms with Gasteiger partial charge in [0.1, 0.15) is 9.79 Å². The summed E-state index contributed by atoms with van der Waals surface area (Å²) < 4.78 is 99.3. The summed E-state index contributed by atoms with van der Waals surface area (Å²) >= 11 is 0. The van der Waals surface area contributed by atoms with Crippen LogP contribution < -0.4 is 0 Å². The van der Waals surface area contributed by atoms with Crippen molar-refractivity contribution in [2.45, 2.75) is 9.79 Å². The second kappa shape index (κ2) is 5.02. The Morgan fingerprint density at radius 3 is 1.00 bits per heavy atom. The molecule has 0 radical (unpaired) electrons. The SMILES string of the molecule is C=CS(=O)(=O)c1c(F)c(F)c(S(=O)(=O)C=C)c(F)c1F. The van der Waals surface area contributed by atoms with Crippen molar-refractivity contribution in [1.82, 2.24) is 0 Å². The van der Waals surface area contributed by atoms with E-state index in [-0.39, 0.29) is 10.8 Å². The van der Waals surface area contributed by atoms with Crippen LogP contribution in [0.5, 0.6) is 0 Å². The largest absolute Gasteiger partial charge is 0.219 e. The van der Waals surface area contributed by atoms with Crippen LogP contribution in [0.3, 0.4) is 0 Å². The molecule has 0 aliphatic carbocycles. The lowest BCUT2D eigenvalue weighted by Crippen LogP contribution is -2.14. The van der Waals surface area contributed by atoms with Crippen molar-refractivity contribution in [3.63, 3.8) is 0 Å². The maximum absolute atomic E-state index is 13.5. The normalized spacial score (nSPS) is 12.2. The lowest BCUT2D eigenvalue weighted by molar-refractivity contribution is 0.392. The summed E-state index contributed by atoms with van der Waals surface area (Å²) in [4.78, 5) is -3.91. The first-order chi connectivity index (χ1) is 9.01. The molecule has 1 rings (SSSR count). The number of halogens is 4. The Morgan fingerprint density at radius 1 is 0.650 bits per heavy atom. The fourth-order valence-electron chi connectivity index (χ4n) is 1.26. The molecule has 0 saturated carbocycles. The van der Waals surface area contributed by atoms with Crippen LogP contribution in [0.2, 0.25) is 0 Å². The molecule has 1 aromatic rings. The molecule has 10 heteroatoms. The first-order valence-electron chi connectivity index (χ1n) is 4.62. The highest BCUT2D eigenvalue weighted by atomic mass is 32.2. The van der Waals surface area contributed by atoms with Crippen LogP contribution in [0.4, 0.5) is 17.6 Å². The summed E-state index contributed by atoms with van der Waals surface area (Å²) in [5.41, 5.74) is 0. The quantitative estimate of drug-likeness (QED) is 0.626. The lowest BCUT2D eigenvalue weighted by Gasteiger charge is -2.09. The van der Waals surface area contributed by atoms with E-state index in [9.17, 15) is 34.4 Å². The summed E-state index contributed by atoms with van der Waals surface area (Å²) in [6, 6.07) is 0. The molecular formula is C10H6F4O4S2. The minimum Gasteiger partial charge on any atom is -0.219 e. The van der Waals surface area contributed by atoms with Crippen LogP contribution in [0.15, 0.2) is 33.8 Å². The number of benzene rings is 1. The second-order valence-electron chi connectivity index (χ2n) is 3.34. The molecule has 0 spiro atoms. The van der Waals surface area contributed by atoms with E-state index in [0.717, 1.165) is 0 Å². The first kappa shape index (κ1) is 16.4. The summed E-state index contributed by atoms with van der Waals surface area (Å²) in [7, 11) is -9.72. The van der Waals surface area contributed by atoms with Gasteiger partial charge in [0.15, 0.2) is 23.3 Å². The van der Waals surface area contributed by atoms with Gasteiger partial charge in [-0.25, -0.2) is 34.4 Å². The number of hydrogen-bond acceptors (Lipinski definition) is 4. The molecule has 0 fully saturated rings. The average Bonchev–Trinajstić information content (AvgIpc) is 2.36. The van der Waals surface area contributed by atoms with Gasteiger partial charge in [0.05, 0.1) is 0 Å². The van der Waals surface area contributed by atoms with Gasteiger partial charge in [-0.1, -0.05) is 13.2 Å². The topological polar surface area (TPSA) is 68.3 Å². The smallest absolute Gasteiger partial charge is 0.205 e. The highest BCUT2D eigenvalue weighted by molar-refractivity contribution is 7.94. The molecule has 0 atom stereocenters. The van der Waals surface area contributed by atoms with E-state index in [1.54, 1.807) is 0 Å². The zero-order valence-corrected chi connectivity index (χ0v) is 11.2. The molecule has 0 aliphatic rings. The lowest BCUT2D eigenvalue weighted by atomic mass is 10.3. The van der Waals surface area contributed by atoms with E-state index in [1.165, 1.54) is 0 Å². The van der Waals surface area contributed by atoms with Crippen LogP contribution in [0, 0.1) is 23.3 Å². The van der Waals surface area contributed by atoms with Crippen LogP contribution in [0.1, 0.15) is 0 Å². The number of sulfone groups is 2. The van der Waals surface area contributed by atoms with Crippen molar-refractivity contribution >= 4 is 19.7 Å². The third kappa shape index (κ3) is 2.36. The van der Waals surface area contributed by atoms with Crippen molar-refractivity contribution in [2.75, 3.05) is 0 Å². The van der Waals surface area contributed by atoms with Crippen LogP contribution in [0.25, 0.3) is 0 Å². The number of hydrogen-bond donors (Lipinski definition) is 0. The molecule has 0 aliphatic heterocycles. The Balaban J connectivity index is 4.06. The zero-order chi connectivity index (χ0) is 15.9. The molecule has 110 valence electrons. The van der Waals surface area contributed by atoms with Crippen LogP contribution >= 0.6 is 0 Å². The van der Waals surface area contributed by atoms with Gasteiger partial charge in [0.2, 0.25) is 19.7 Å². The average molecular weight is 330 g/mol. The first-order valence-corrected chi connectivity index (χ1v) is 7.71. The molecule has 0 aromatic heterocycles. The third-order valence-corrected chi connectivity index (χ3v) is 4.92. The van der Waals surface area contributed by atoms with Crippen LogP contribution in [-0.2, 0) is 19.7 Å². The predicted molar refractivity (Wildman–Crippen MR) is 61.0 cm³/mol. The zero-order valence-electron chi connectivity index (χ0n) is 9.53. The van der Waals surface area contributed by atoms with Gasteiger partial charge >= 0.3 is 0 Å². The van der Waals surface area contributed by atoms with E-state index < -0.39 is 52.7 Å². The van der Waals surface area contributed by atoms with E-state index in [1.807, 2.05) is 0 Å². The predicted octanol–water partition coefficient (Wildman–Crippen LogP) is 2.08. The van der Waals surface area contributed by atoms with Gasteiger partial charge in [-0.2, -0.15) is 0 Å². The van der Waals surface area contributed by atoms with Crippen molar-refractivity contribution in [3.8, 4) is 0 Å². The highest BCUT2D eigenvalue weighted by Crippen LogP contribution is 2.31. The van der Waals surface area contributed by atoms with Gasteiger partial charge in [0, 0.05) is 10.8 Å². The Bertz CT molecular complexity index is 712. The minimum absolute atomic E-state index is 0.0645. The molecule has 0 bridgehead atoms. The molecule has 4 nitrogen and oxygen atoms in total. The van der Waals surface area contributed by atoms with Crippen molar-refractivity contribution in [3.05, 3.63) is 47.2 Å². The van der Waals surface area contributed by atoms with E-state index in [0.29, 0.717) is 0 Å². The summed E-state index contributed by atoms with van der Waals surface area (Å²) in [5.74, 6) is -9.43. The van der Waals surface area contributed by atoms with Crippen molar-refractivity contribution < 1.29 is 34.4 Å². The highest BCUT2D eigenvalue weighted by Gasteiger charge is 2.35. The Hall–Kier alpha value is -1.68. The van der Waals surface area contributed by atoms with Gasteiger partial charge < -0.3 is 0 Å². The number of rotatable bonds is 4. The van der Waals surface area contributed by atoms with Gasteiger partial charge in [-0.15, -0.1) is 0 Å². The second-order valence-corrected chi connectivity index (χ2v) is 7.00. The van der Waals surface area contributed by atoms with E-state index in [4.69, 9.17) is 0 Å². The fraction of sp³-hybridized carbons (Fsp3) is 0. The standard InChI is InChI=1S/C10H6F4O4S2/c1-3-19(15,16)9-5(11)7(13)10(8(14)6(9)12)20(17,18)4-2/h3-4H,1-2H2. The maximum Gasteiger partial charge on any atom is 0.205 e. The Labute approximate surface area is 111 Å². The van der Waals surface area contributed by atoms with Crippen LogP contribution in [-0.4, -0.2) is 16.8 Å². The summed E-state index contributed by atoms with van der Waals surface area (Å²) in [6.45, 7) is 5.47. The van der Waals surface area contributed by atoms with E-state index >= 15 is 0 Å². The summed E-state index contributed by atoms with van der Waals surface area (Å²) in [5, 5.41) is 0.129. The molecule has 0 unspecified atom stereocenters. The third-order valence-electron chi connectivity index (χ3n) is 2.19. The fourth-order valence-corrected chi connectivity index (χ4v) is 2.95. The van der Waals surface area contributed by atoms with Gasteiger partial charge in [0.25, 0.3) is 0 Å². The van der Waals surface area contributed by atoms with Gasteiger partial charge in [-0.05, 0) is 0 Å².